The van der Waals surface area contributed by atoms with E-state index in [-0.39, 0.29) is 11.8 Å². The van der Waals surface area contributed by atoms with Crippen LogP contribution >= 0.6 is 0 Å². The molecule has 0 aromatic heterocycles. The van der Waals surface area contributed by atoms with Crippen LogP contribution < -0.4 is 10.6 Å². The summed E-state index contributed by atoms with van der Waals surface area (Å²) in [5.74, 6) is -0.255. The fourth-order valence-electron chi connectivity index (χ4n) is 2.23. The summed E-state index contributed by atoms with van der Waals surface area (Å²) >= 11 is 0. The minimum atomic E-state index is -0.970. The summed E-state index contributed by atoms with van der Waals surface area (Å²) in [5, 5.41) is 5.65. The summed E-state index contributed by atoms with van der Waals surface area (Å²) in [6.45, 7) is 3.72. The molecule has 1 aromatic rings. The van der Waals surface area contributed by atoms with Crippen LogP contribution in [0.15, 0.2) is 30.3 Å². The molecule has 18 heavy (non-hydrogen) atoms. The highest BCUT2D eigenvalue weighted by Gasteiger charge is 2.43. The molecule has 0 saturated carbocycles. The number of benzene rings is 1. The third-order valence-electron chi connectivity index (χ3n) is 3.38. The number of hydrogen-bond donors (Lipinski definition) is 2. The number of carbonyl (C=O) groups excluding carboxylic acids is 2. The fraction of sp³-hybridized carbons (Fsp3) is 0.429. The zero-order valence-corrected chi connectivity index (χ0v) is 10.7. The van der Waals surface area contributed by atoms with Crippen molar-refractivity contribution in [1.82, 2.24) is 10.6 Å². The molecule has 1 aliphatic rings. The number of carbonyl (C=O) groups is 2. The van der Waals surface area contributed by atoms with Crippen molar-refractivity contribution < 1.29 is 9.59 Å². The quantitative estimate of drug-likeness (QED) is 0.845. The van der Waals surface area contributed by atoms with Crippen molar-refractivity contribution in [2.24, 2.45) is 0 Å². The molecule has 1 fully saturated rings. The highest BCUT2D eigenvalue weighted by Crippen LogP contribution is 2.24. The standard InChI is InChI=1S/C14H18N2O2/c1-3-7-11-12(17)16-14(2,13(18)15-11)10-8-5-4-6-9-10/h4-6,8-9,11H,3,7H2,1-2H3,(H,15,18)(H,16,17). The van der Waals surface area contributed by atoms with Crippen molar-refractivity contribution in [1.29, 1.82) is 0 Å². The summed E-state index contributed by atoms with van der Waals surface area (Å²) in [4.78, 5) is 24.2. The Bertz CT molecular complexity index is 458. The van der Waals surface area contributed by atoms with E-state index in [2.05, 4.69) is 10.6 Å². The fourth-order valence-corrected chi connectivity index (χ4v) is 2.23. The van der Waals surface area contributed by atoms with Crippen LogP contribution in [0, 0.1) is 0 Å². The Balaban J connectivity index is 2.26. The Labute approximate surface area is 107 Å². The van der Waals surface area contributed by atoms with Crippen LogP contribution in [0.5, 0.6) is 0 Å². The Morgan fingerprint density at radius 1 is 1.22 bits per heavy atom. The van der Waals surface area contributed by atoms with Crippen molar-refractivity contribution in [2.45, 2.75) is 38.3 Å². The zero-order valence-electron chi connectivity index (χ0n) is 10.7. The predicted molar refractivity (Wildman–Crippen MR) is 68.8 cm³/mol. The molecule has 2 rings (SSSR count). The van der Waals surface area contributed by atoms with Gasteiger partial charge in [0.05, 0.1) is 0 Å². The molecule has 2 unspecified atom stereocenters. The predicted octanol–water partition coefficient (Wildman–Crippen LogP) is 1.32. The molecule has 0 aliphatic carbocycles. The molecule has 0 radical (unpaired) electrons. The molecule has 4 heteroatoms. The van der Waals surface area contributed by atoms with Gasteiger partial charge >= 0.3 is 0 Å². The second kappa shape index (κ2) is 4.80. The molecule has 1 aromatic carbocycles. The van der Waals surface area contributed by atoms with Gasteiger partial charge in [0.25, 0.3) is 5.91 Å². The second-order valence-corrected chi connectivity index (χ2v) is 4.79. The van der Waals surface area contributed by atoms with E-state index in [1.54, 1.807) is 6.92 Å². The number of hydrogen-bond acceptors (Lipinski definition) is 2. The van der Waals surface area contributed by atoms with Gasteiger partial charge in [-0.1, -0.05) is 43.7 Å². The highest BCUT2D eigenvalue weighted by molar-refractivity contribution is 6.00. The average molecular weight is 246 g/mol. The molecule has 2 atom stereocenters. The van der Waals surface area contributed by atoms with Gasteiger partial charge in [-0.25, -0.2) is 0 Å². The Morgan fingerprint density at radius 2 is 1.89 bits per heavy atom. The molecule has 1 heterocycles. The Morgan fingerprint density at radius 3 is 2.50 bits per heavy atom. The monoisotopic (exact) mass is 246 g/mol. The van der Waals surface area contributed by atoms with Crippen LogP contribution in [0.2, 0.25) is 0 Å². The molecule has 2 amide bonds. The van der Waals surface area contributed by atoms with Crippen molar-refractivity contribution >= 4 is 11.8 Å². The van der Waals surface area contributed by atoms with E-state index in [0.29, 0.717) is 6.42 Å². The topological polar surface area (TPSA) is 58.2 Å². The number of nitrogens with one attached hydrogen (secondary N) is 2. The van der Waals surface area contributed by atoms with E-state index in [1.807, 2.05) is 37.3 Å². The lowest BCUT2D eigenvalue weighted by atomic mass is 9.87. The lowest BCUT2D eigenvalue weighted by molar-refractivity contribution is -0.141. The number of piperazine rings is 1. The average Bonchev–Trinajstić information content (AvgIpc) is 2.37. The van der Waals surface area contributed by atoms with Crippen LogP contribution in [0.4, 0.5) is 0 Å². The SMILES string of the molecule is CCCC1NC(=O)C(C)(c2ccccc2)NC1=O. The third-order valence-corrected chi connectivity index (χ3v) is 3.38. The van der Waals surface area contributed by atoms with Crippen LogP contribution in [0.1, 0.15) is 32.3 Å². The van der Waals surface area contributed by atoms with Gasteiger partial charge in [-0.15, -0.1) is 0 Å². The lowest BCUT2D eigenvalue weighted by Gasteiger charge is -2.37. The van der Waals surface area contributed by atoms with E-state index in [1.165, 1.54) is 0 Å². The van der Waals surface area contributed by atoms with Gasteiger partial charge in [-0.2, -0.15) is 0 Å². The van der Waals surface area contributed by atoms with Crippen LogP contribution in [-0.2, 0) is 15.1 Å². The van der Waals surface area contributed by atoms with Gasteiger partial charge in [0.2, 0.25) is 5.91 Å². The first-order valence-corrected chi connectivity index (χ1v) is 6.26. The van der Waals surface area contributed by atoms with E-state index in [4.69, 9.17) is 0 Å². The van der Waals surface area contributed by atoms with Crippen molar-refractivity contribution in [3.8, 4) is 0 Å². The van der Waals surface area contributed by atoms with E-state index in [9.17, 15) is 9.59 Å². The van der Waals surface area contributed by atoms with E-state index < -0.39 is 11.6 Å². The molecule has 4 nitrogen and oxygen atoms in total. The molecule has 1 saturated heterocycles. The maximum atomic E-state index is 12.2. The Kier molecular flexibility index (Phi) is 3.36. The van der Waals surface area contributed by atoms with E-state index in [0.717, 1.165) is 12.0 Å². The summed E-state index contributed by atoms with van der Waals surface area (Å²) in [7, 11) is 0. The van der Waals surface area contributed by atoms with Gasteiger partial charge in [-0.05, 0) is 18.9 Å². The highest BCUT2D eigenvalue weighted by atomic mass is 16.2. The first kappa shape index (κ1) is 12.6. The molecule has 0 spiro atoms. The first-order valence-electron chi connectivity index (χ1n) is 6.26. The minimum absolute atomic E-state index is 0.109. The molecular formula is C14H18N2O2. The van der Waals surface area contributed by atoms with Crippen molar-refractivity contribution in [2.75, 3.05) is 0 Å². The van der Waals surface area contributed by atoms with Gasteiger partial charge in [0.15, 0.2) is 0 Å². The zero-order chi connectivity index (χ0) is 13.2. The minimum Gasteiger partial charge on any atom is -0.342 e. The maximum absolute atomic E-state index is 12.2. The Hall–Kier alpha value is -1.84. The number of rotatable bonds is 3. The normalized spacial score (nSPS) is 27.6. The van der Waals surface area contributed by atoms with Gasteiger partial charge < -0.3 is 10.6 Å². The van der Waals surface area contributed by atoms with Gasteiger partial charge in [-0.3, -0.25) is 9.59 Å². The largest absolute Gasteiger partial charge is 0.342 e. The first-order chi connectivity index (χ1) is 8.58. The summed E-state index contributed by atoms with van der Waals surface area (Å²) in [6, 6.07) is 8.89. The van der Waals surface area contributed by atoms with Gasteiger partial charge in [0, 0.05) is 0 Å². The maximum Gasteiger partial charge on any atom is 0.250 e. The van der Waals surface area contributed by atoms with Gasteiger partial charge in [0.1, 0.15) is 11.6 Å². The molecule has 1 aliphatic heterocycles. The number of amides is 2. The summed E-state index contributed by atoms with van der Waals surface area (Å²) < 4.78 is 0. The van der Waals surface area contributed by atoms with Crippen LogP contribution in [-0.4, -0.2) is 17.9 Å². The van der Waals surface area contributed by atoms with Crippen molar-refractivity contribution in [3.63, 3.8) is 0 Å². The summed E-state index contributed by atoms with van der Waals surface area (Å²) in [6.07, 6.45) is 1.53. The van der Waals surface area contributed by atoms with Crippen LogP contribution in [0.25, 0.3) is 0 Å². The van der Waals surface area contributed by atoms with Crippen LogP contribution in [0.3, 0.4) is 0 Å². The summed E-state index contributed by atoms with van der Waals surface area (Å²) in [5.41, 5.74) is -0.173. The third kappa shape index (κ3) is 2.10. The molecular weight excluding hydrogens is 228 g/mol. The lowest BCUT2D eigenvalue weighted by Crippen LogP contribution is -2.66. The molecule has 0 bridgehead atoms. The molecule has 96 valence electrons. The molecule has 2 N–H and O–H groups in total. The second-order valence-electron chi connectivity index (χ2n) is 4.79. The van der Waals surface area contributed by atoms with E-state index >= 15 is 0 Å². The smallest absolute Gasteiger partial charge is 0.250 e. The van der Waals surface area contributed by atoms with Crippen molar-refractivity contribution in [3.05, 3.63) is 35.9 Å².